The van der Waals surface area contributed by atoms with E-state index < -0.39 is 4.92 Å². The molecule has 2 N–H and O–H groups in total. The Morgan fingerprint density at radius 2 is 1.92 bits per heavy atom. The summed E-state index contributed by atoms with van der Waals surface area (Å²) in [6.45, 7) is 0. The summed E-state index contributed by atoms with van der Waals surface area (Å²) in [5.74, 6) is -0.481. The highest BCUT2D eigenvalue weighted by atomic mass is 32.1. The number of hydrogen-bond acceptors (Lipinski definition) is 8. The van der Waals surface area contributed by atoms with Crippen LogP contribution in [0.3, 0.4) is 0 Å². The van der Waals surface area contributed by atoms with Gasteiger partial charge in [-0.2, -0.15) is 0 Å². The molecule has 8 nitrogen and oxygen atoms in total. The van der Waals surface area contributed by atoms with Gasteiger partial charge in [-0.3, -0.25) is 10.1 Å². The van der Waals surface area contributed by atoms with Crippen molar-refractivity contribution >= 4 is 28.4 Å². The van der Waals surface area contributed by atoms with Crippen molar-refractivity contribution in [1.29, 1.82) is 0 Å². The zero-order chi connectivity index (χ0) is 17.1. The quantitative estimate of drug-likeness (QED) is 0.325. The van der Waals surface area contributed by atoms with Gasteiger partial charge in [-0.15, -0.1) is 10.2 Å². The zero-order valence-corrected chi connectivity index (χ0v) is 12.8. The largest absolute Gasteiger partial charge is 0.504 e. The molecule has 0 saturated heterocycles. The molecule has 0 fully saturated rings. The highest BCUT2D eigenvalue weighted by Crippen LogP contribution is 2.33. The van der Waals surface area contributed by atoms with Crippen LogP contribution in [0.25, 0.3) is 10.6 Å². The molecule has 1 heterocycles. The molecule has 0 saturated carbocycles. The average molecular weight is 342 g/mol. The number of rotatable bonds is 4. The van der Waals surface area contributed by atoms with Crippen molar-refractivity contribution in [3.8, 4) is 22.1 Å². The maximum Gasteiger partial charge on any atom is 0.278 e. The summed E-state index contributed by atoms with van der Waals surface area (Å²) < 4.78 is 0. The van der Waals surface area contributed by atoms with Crippen molar-refractivity contribution in [1.82, 2.24) is 10.2 Å². The second-order valence-corrected chi connectivity index (χ2v) is 5.62. The normalized spacial score (nSPS) is 11.0. The number of hydrogen-bond donors (Lipinski definition) is 2. The van der Waals surface area contributed by atoms with Crippen LogP contribution in [0.2, 0.25) is 0 Å². The van der Waals surface area contributed by atoms with Crippen LogP contribution in [-0.2, 0) is 0 Å². The molecule has 0 radical (unpaired) electrons. The van der Waals surface area contributed by atoms with E-state index in [0.29, 0.717) is 21.3 Å². The van der Waals surface area contributed by atoms with E-state index in [-0.39, 0.29) is 17.2 Å². The number of phenolic OH excluding ortho intramolecular Hbond substituents is 2. The fourth-order valence-corrected chi connectivity index (χ4v) is 2.61. The minimum absolute atomic E-state index is 0.0468. The topological polar surface area (TPSA) is 122 Å². The van der Waals surface area contributed by atoms with E-state index in [1.165, 1.54) is 24.4 Å². The van der Waals surface area contributed by atoms with Gasteiger partial charge in [0.2, 0.25) is 5.13 Å². The lowest BCUT2D eigenvalue weighted by molar-refractivity contribution is -0.385. The molecular weight excluding hydrogens is 332 g/mol. The average Bonchev–Trinajstić information content (AvgIpc) is 3.04. The van der Waals surface area contributed by atoms with Crippen LogP contribution in [-0.4, -0.2) is 31.5 Å². The number of aromatic hydroxyl groups is 2. The summed E-state index contributed by atoms with van der Waals surface area (Å²) in [7, 11) is 0. The molecule has 3 aromatic rings. The van der Waals surface area contributed by atoms with Gasteiger partial charge < -0.3 is 10.2 Å². The first-order valence-electron chi connectivity index (χ1n) is 6.68. The van der Waals surface area contributed by atoms with Crippen molar-refractivity contribution in [2.24, 2.45) is 4.99 Å². The molecule has 0 bridgehead atoms. The van der Waals surface area contributed by atoms with E-state index in [9.17, 15) is 20.3 Å². The first-order valence-corrected chi connectivity index (χ1v) is 7.49. The van der Waals surface area contributed by atoms with E-state index in [4.69, 9.17) is 0 Å². The number of nitro groups is 1. The molecule has 3 rings (SSSR count). The molecule has 120 valence electrons. The van der Waals surface area contributed by atoms with Crippen LogP contribution in [0, 0.1) is 10.1 Å². The van der Waals surface area contributed by atoms with Crippen LogP contribution in [0.4, 0.5) is 10.8 Å². The van der Waals surface area contributed by atoms with E-state index in [2.05, 4.69) is 15.2 Å². The van der Waals surface area contributed by atoms with Crippen molar-refractivity contribution in [2.45, 2.75) is 0 Å². The summed E-state index contributed by atoms with van der Waals surface area (Å²) in [6.07, 6.45) is 1.36. The third kappa shape index (κ3) is 3.20. The van der Waals surface area contributed by atoms with Crippen LogP contribution < -0.4 is 0 Å². The smallest absolute Gasteiger partial charge is 0.278 e. The number of nitrogens with zero attached hydrogens (tertiary/aromatic N) is 4. The van der Waals surface area contributed by atoms with Crippen LogP contribution >= 0.6 is 11.3 Å². The first-order chi connectivity index (χ1) is 11.5. The van der Waals surface area contributed by atoms with Crippen molar-refractivity contribution in [3.05, 3.63) is 58.1 Å². The summed E-state index contributed by atoms with van der Waals surface area (Å²) in [4.78, 5) is 14.6. The standard InChI is InChI=1S/C15H10N4O4S/c20-12-6-5-9(7-13(12)21)14-17-18-15(24-14)16-8-10-3-1-2-4-11(10)19(22)23/h1-8,20-21H. The Morgan fingerprint density at radius 3 is 2.67 bits per heavy atom. The van der Waals surface area contributed by atoms with E-state index >= 15 is 0 Å². The van der Waals surface area contributed by atoms with Gasteiger partial charge in [0.15, 0.2) is 11.5 Å². The second-order valence-electron chi connectivity index (χ2n) is 4.67. The third-order valence-corrected chi connectivity index (χ3v) is 3.96. The highest BCUT2D eigenvalue weighted by Gasteiger charge is 2.11. The van der Waals surface area contributed by atoms with Gasteiger partial charge in [-0.1, -0.05) is 23.5 Å². The minimum atomic E-state index is -0.480. The second kappa shape index (κ2) is 6.42. The van der Waals surface area contributed by atoms with Crippen molar-refractivity contribution in [2.75, 3.05) is 0 Å². The SMILES string of the molecule is O=[N+]([O-])c1ccccc1C=Nc1nnc(-c2ccc(O)c(O)c2)s1. The fourth-order valence-electron chi connectivity index (χ4n) is 1.93. The van der Waals surface area contributed by atoms with Gasteiger partial charge in [0.05, 0.1) is 10.5 Å². The molecule has 2 aromatic carbocycles. The minimum Gasteiger partial charge on any atom is -0.504 e. The van der Waals surface area contributed by atoms with Gasteiger partial charge >= 0.3 is 0 Å². The molecule has 0 aliphatic rings. The van der Waals surface area contributed by atoms with Crippen LogP contribution in [0.15, 0.2) is 47.5 Å². The molecular formula is C15H10N4O4S. The Balaban J connectivity index is 1.86. The first kappa shape index (κ1) is 15.6. The number of phenols is 2. The Bertz CT molecular complexity index is 939. The van der Waals surface area contributed by atoms with Gasteiger partial charge in [-0.25, -0.2) is 4.99 Å². The summed E-state index contributed by atoms with van der Waals surface area (Å²) >= 11 is 1.15. The van der Waals surface area contributed by atoms with E-state index in [1.807, 2.05) is 0 Å². The number of aliphatic imine (C=N–C) groups is 1. The molecule has 0 amide bonds. The summed E-state index contributed by atoms with van der Waals surface area (Å²) in [6, 6.07) is 10.5. The number of benzene rings is 2. The lowest BCUT2D eigenvalue weighted by atomic mass is 10.2. The van der Waals surface area contributed by atoms with Gasteiger partial charge in [-0.05, 0) is 24.3 Å². The fraction of sp³-hybridized carbons (Fsp3) is 0. The molecule has 0 aliphatic heterocycles. The number of nitro benzene ring substituents is 1. The number of aromatic nitrogens is 2. The molecule has 1 aromatic heterocycles. The lowest BCUT2D eigenvalue weighted by Crippen LogP contribution is -1.93. The Morgan fingerprint density at radius 1 is 1.12 bits per heavy atom. The number of para-hydroxylation sites is 1. The van der Waals surface area contributed by atoms with Crippen molar-refractivity contribution < 1.29 is 15.1 Å². The van der Waals surface area contributed by atoms with Crippen molar-refractivity contribution in [3.63, 3.8) is 0 Å². The molecule has 0 aliphatic carbocycles. The molecule has 9 heteroatoms. The summed E-state index contributed by atoms with van der Waals surface area (Å²) in [5, 5.41) is 38.4. The maximum absolute atomic E-state index is 11.0. The molecule has 0 unspecified atom stereocenters. The van der Waals surface area contributed by atoms with E-state index in [0.717, 1.165) is 11.3 Å². The van der Waals surface area contributed by atoms with E-state index in [1.54, 1.807) is 24.3 Å². The van der Waals surface area contributed by atoms with Crippen LogP contribution in [0.5, 0.6) is 11.5 Å². The monoisotopic (exact) mass is 342 g/mol. The Labute approximate surface area is 139 Å². The van der Waals surface area contributed by atoms with Gasteiger partial charge in [0.25, 0.3) is 5.69 Å². The third-order valence-electron chi connectivity index (χ3n) is 3.08. The summed E-state index contributed by atoms with van der Waals surface area (Å²) in [5.41, 5.74) is 0.894. The van der Waals surface area contributed by atoms with Gasteiger partial charge in [0, 0.05) is 17.8 Å². The van der Waals surface area contributed by atoms with Crippen LogP contribution in [0.1, 0.15) is 5.56 Å². The maximum atomic E-state index is 11.0. The molecule has 0 atom stereocenters. The van der Waals surface area contributed by atoms with Gasteiger partial charge in [0.1, 0.15) is 5.01 Å². The predicted molar refractivity (Wildman–Crippen MR) is 89.0 cm³/mol. The Hall–Kier alpha value is -3.33. The lowest BCUT2D eigenvalue weighted by Gasteiger charge is -1.98. The molecule has 0 spiro atoms. The molecule has 24 heavy (non-hydrogen) atoms. The highest BCUT2D eigenvalue weighted by molar-refractivity contribution is 7.18. The Kier molecular flexibility index (Phi) is 4.17. The zero-order valence-electron chi connectivity index (χ0n) is 12.0. The predicted octanol–water partition coefficient (Wildman–Crippen LogP) is 3.28.